The molecule has 1 atom stereocenters. The maximum absolute atomic E-state index is 12.0. The average Bonchev–Trinajstić information content (AvgIpc) is 2.31. The van der Waals surface area contributed by atoms with E-state index in [1.54, 1.807) is 4.90 Å². The third-order valence-corrected chi connectivity index (χ3v) is 3.56. The molecule has 0 aromatic rings. The summed E-state index contributed by atoms with van der Waals surface area (Å²) in [6.07, 6.45) is 3.49. The molecule has 18 heavy (non-hydrogen) atoms. The number of alkyl halides is 1. The van der Waals surface area contributed by atoms with Crippen molar-refractivity contribution in [3.05, 3.63) is 11.3 Å². The van der Waals surface area contributed by atoms with Crippen LogP contribution >= 0.6 is 11.6 Å². The van der Waals surface area contributed by atoms with Crippen molar-refractivity contribution in [1.29, 1.82) is 0 Å². The monoisotopic (exact) mass is 273 g/mol. The first-order valence-electron chi connectivity index (χ1n) is 6.65. The second-order valence-corrected chi connectivity index (χ2v) is 5.53. The van der Waals surface area contributed by atoms with Crippen molar-refractivity contribution < 1.29 is 9.53 Å². The molecule has 1 amide bonds. The Morgan fingerprint density at radius 2 is 2.22 bits per heavy atom. The molecule has 104 valence electrons. The number of ether oxygens (including phenoxy) is 1. The van der Waals surface area contributed by atoms with Crippen LogP contribution in [0, 0.1) is 5.92 Å². The van der Waals surface area contributed by atoms with Crippen LogP contribution in [-0.4, -0.2) is 29.5 Å². The first-order valence-corrected chi connectivity index (χ1v) is 7.18. The lowest BCUT2D eigenvalue weighted by Crippen LogP contribution is -2.38. The standard InChI is InChI=1S/C14H24ClNO2/c1-10(2)18-9-16(13(17)8-15)14-11(3)6-5-7-12(14)4/h10-11H,5-9H2,1-4H3. The summed E-state index contributed by atoms with van der Waals surface area (Å²) < 4.78 is 5.59. The lowest BCUT2D eigenvalue weighted by atomic mass is 9.88. The van der Waals surface area contributed by atoms with E-state index >= 15 is 0 Å². The fraction of sp³-hybridized carbons (Fsp3) is 0.786. The number of halogens is 1. The van der Waals surface area contributed by atoms with E-state index in [0.717, 1.165) is 18.5 Å². The van der Waals surface area contributed by atoms with Crippen LogP contribution in [0.5, 0.6) is 0 Å². The van der Waals surface area contributed by atoms with E-state index < -0.39 is 0 Å². The third kappa shape index (κ3) is 3.99. The van der Waals surface area contributed by atoms with Gasteiger partial charge in [0.15, 0.2) is 0 Å². The Morgan fingerprint density at radius 3 is 2.72 bits per heavy atom. The average molecular weight is 274 g/mol. The predicted molar refractivity (Wildman–Crippen MR) is 74.4 cm³/mol. The fourth-order valence-corrected chi connectivity index (χ4v) is 2.57. The Kier molecular flexibility index (Phi) is 6.16. The Bertz CT molecular complexity index is 326. The van der Waals surface area contributed by atoms with Gasteiger partial charge in [-0.1, -0.05) is 12.5 Å². The van der Waals surface area contributed by atoms with E-state index in [4.69, 9.17) is 16.3 Å². The first-order chi connectivity index (χ1) is 8.47. The van der Waals surface area contributed by atoms with E-state index in [1.165, 1.54) is 12.0 Å². The van der Waals surface area contributed by atoms with Crippen molar-refractivity contribution in [2.45, 2.75) is 53.1 Å². The highest BCUT2D eigenvalue weighted by Crippen LogP contribution is 2.32. The van der Waals surface area contributed by atoms with E-state index in [0.29, 0.717) is 12.6 Å². The molecule has 0 N–H and O–H groups in total. The van der Waals surface area contributed by atoms with Gasteiger partial charge in [-0.2, -0.15) is 0 Å². The lowest BCUT2D eigenvalue weighted by Gasteiger charge is -2.34. The largest absolute Gasteiger partial charge is 0.358 e. The topological polar surface area (TPSA) is 29.5 Å². The molecule has 0 fully saturated rings. The quantitative estimate of drug-likeness (QED) is 0.566. The Labute approximate surface area is 115 Å². The summed E-state index contributed by atoms with van der Waals surface area (Å²) in [5.74, 6) is 0.340. The smallest absolute Gasteiger partial charge is 0.243 e. The molecule has 4 heteroatoms. The highest BCUT2D eigenvalue weighted by molar-refractivity contribution is 6.27. The molecule has 3 nitrogen and oxygen atoms in total. The minimum atomic E-state index is -0.0691. The summed E-state index contributed by atoms with van der Waals surface area (Å²) in [6.45, 7) is 8.51. The van der Waals surface area contributed by atoms with Gasteiger partial charge in [0, 0.05) is 5.70 Å². The van der Waals surface area contributed by atoms with Crippen molar-refractivity contribution in [1.82, 2.24) is 4.90 Å². The number of hydrogen-bond acceptors (Lipinski definition) is 2. The number of amides is 1. The molecule has 1 aliphatic carbocycles. The van der Waals surface area contributed by atoms with Crippen LogP contribution in [0.2, 0.25) is 0 Å². The van der Waals surface area contributed by atoms with Crippen LogP contribution in [0.1, 0.15) is 47.0 Å². The first kappa shape index (κ1) is 15.5. The zero-order chi connectivity index (χ0) is 13.7. The second kappa shape index (κ2) is 7.15. The van der Waals surface area contributed by atoms with Gasteiger partial charge in [-0.05, 0) is 46.0 Å². The van der Waals surface area contributed by atoms with Crippen LogP contribution in [-0.2, 0) is 9.53 Å². The van der Waals surface area contributed by atoms with Crippen LogP contribution in [0.4, 0.5) is 0 Å². The van der Waals surface area contributed by atoms with Gasteiger partial charge >= 0.3 is 0 Å². The van der Waals surface area contributed by atoms with Crippen molar-refractivity contribution >= 4 is 17.5 Å². The normalized spacial score (nSPS) is 20.4. The third-order valence-electron chi connectivity index (χ3n) is 3.34. The molecule has 0 aromatic heterocycles. The van der Waals surface area contributed by atoms with E-state index in [1.807, 2.05) is 13.8 Å². The highest BCUT2D eigenvalue weighted by atomic mass is 35.5. The van der Waals surface area contributed by atoms with Gasteiger partial charge in [0.1, 0.15) is 12.6 Å². The zero-order valence-corrected chi connectivity index (χ0v) is 12.6. The molecule has 0 spiro atoms. The maximum atomic E-state index is 12.0. The van der Waals surface area contributed by atoms with E-state index in [2.05, 4.69) is 13.8 Å². The number of rotatable bonds is 5. The maximum Gasteiger partial charge on any atom is 0.243 e. The number of allylic oxidation sites excluding steroid dienone is 2. The number of carbonyl (C=O) groups excluding carboxylic acids is 1. The minimum absolute atomic E-state index is 0.00492. The molecule has 0 heterocycles. The second-order valence-electron chi connectivity index (χ2n) is 5.26. The van der Waals surface area contributed by atoms with Gasteiger partial charge in [0.25, 0.3) is 0 Å². The van der Waals surface area contributed by atoms with E-state index in [9.17, 15) is 4.79 Å². The highest BCUT2D eigenvalue weighted by Gasteiger charge is 2.26. The Hall–Kier alpha value is -0.540. The fourth-order valence-electron chi connectivity index (χ4n) is 2.43. The van der Waals surface area contributed by atoms with Crippen molar-refractivity contribution in [3.8, 4) is 0 Å². The summed E-state index contributed by atoms with van der Waals surface area (Å²) in [4.78, 5) is 13.7. The molecule has 0 radical (unpaired) electrons. The van der Waals surface area contributed by atoms with Gasteiger partial charge in [-0.15, -0.1) is 11.6 Å². The molecule has 0 bridgehead atoms. The molecule has 0 saturated carbocycles. The van der Waals surface area contributed by atoms with Crippen LogP contribution in [0.25, 0.3) is 0 Å². The van der Waals surface area contributed by atoms with Gasteiger partial charge in [0.05, 0.1) is 6.10 Å². The Balaban J connectivity index is 2.90. The van der Waals surface area contributed by atoms with Crippen LogP contribution < -0.4 is 0 Å². The molecule has 0 aromatic carbocycles. The summed E-state index contributed by atoms with van der Waals surface area (Å²) in [5.41, 5.74) is 2.41. The summed E-state index contributed by atoms with van der Waals surface area (Å²) in [5, 5.41) is 0. The van der Waals surface area contributed by atoms with Gasteiger partial charge < -0.3 is 4.74 Å². The van der Waals surface area contributed by atoms with Crippen molar-refractivity contribution in [2.75, 3.05) is 12.6 Å². The number of carbonyl (C=O) groups is 1. The molecular weight excluding hydrogens is 250 g/mol. The molecule has 1 unspecified atom stereocenters. The van der Waals surface area contributed by atoms with Crippen molar-refractivity contribution in [3.63, 3.8) is 0 Å². The summed E-state index contributed by atoms with van der Waals surface area (Å²) in [6, 6.07) is 0. The molecule has 0 saturated heterocycles. The molecule has 0 aliphatic heterocycles. The lowest BCUT2D eigenvalue weighted by molar-refractivity contribution is -0.133. The molecule has 1 aliphatic rings. The summed E-state index contributed by atoms with van der Waals surface area (Å²) >= 11 is 5.71. The number of nitrogens with zero attached hydrogens (tertiary/aromatic N) is 1. The molecular formula is C14H24ClNO2. The predicted octanol–water partition coefficient (Wildman–Crippen LogP) is 3.53. The minimum Gasteiger partial charge on any atom is -0.358 e. The summed E-state index contributed by atoms with van der Waals surface area (Å²) in [7, 11) is 0. The van der Waals surface area contributed by atoms with E-state index in [-0.39, 0.29) is 17.9 Å². The van der Waals surface area contributed by atoms with Crippen LogP contribution in [0.15, 0.2) is 11.3 Å². The SMILES string of the molecule is CC1=C(N(COC(C)C)C(=O)CCl)C(C)CCC1. The van der Waals surface area contributed by atoms with Gasteiger partial charge in [0.2, 0.25) is 5.91 Å². The van der Waals surface area contributed by atoms with Crippen molar-refractivity contribution in [2.24, 2.45) is 5.92 Å². The Morgan fingerprint density at radius 1 is 1.56 bits per heavy atom. The van der Waals surface area contributed by atoms with Crippen LogP contribution in [0.3, 0.4) is 0 Å². The van der Waals surface area contributed by atoms with Gasteiger partial charge in [-0.3, -0.25) is 9.69 Å². The number of hydrogen-bond donors (Lipinski definition) is 0. The molecule has 1 rings (SSSR count). The van der Waals surface area contributed by atoms with Gasteiger partial charge in [-0.25, -0.2) is 0 Å². The zero-order valence-electron chi connectivity index (χ0n) is 11.8.